The topological polar surface area (TPSA) is 38.3 Å². The third kappa shape index (κ3) is 3.94. The summed E-state index contributed by atoms with van der Waals surface area (Å²) in [6, 6.07) is 4.32. The van der Waals surface area contributed by atoms with E-state index in [9.17, 15) is 4.79 Å². The van der Waals surface area contributed by atoms with Crippen LogP contribution in [-0.2, 0) is 16.0 Å². The van der Waals surface area contributed by atoms with Gasteiger partial charge in [0.05, 0.1) is 5.92 Å². The van der Waals surface area contributed by atoms with Gasteiger partial charge in [-0.25, -0.2) is 0 Å². The van der Waals surface area contributed by atoms with Gasteiger partial charge in [0.25, 0.3) is 0 Å². The number of hydrogen-bond acceptors (Lipinski definition) is 3. The van der Waals surface area contributed by atoms with Gasteiger partial charge in [-0.05, 0) is 60.9 Å². The highest BCUT2D eigenvalue weighted by atomic mass is 35.5. The Kier molecular flexibility index (Phi) is 6.18. The number of esters is 1. The summed E-state index contributed by atoms with van der Waals surface area (Å²) in [5.74, 6) is 0.357. The van der Waals surface area contributed by atoms with Crippen molar-refractivity contribution in [2.24, 2.45) is 0 Å². The Bertz CT molecular complexity index is 581. The minimum atomic E-state index is -0.139. The Balaban J connectivity index is 1.70. The molecule has 2 aliphatic carbocycles. The average Bonchev–Trinajstić information content (AvgIpc) is 3.01. The van der Waals surface area contributed by atoms with Gasteiger partial charge in [-0.1, -0.05) is 43.9 Å². The van der Waals surface area contributed by atoms with Crippen LogP contribution in [0, 0.1) is 0 Å². The second kappa shape index (κ2) is 8.35. The molecule has 2 aliphatic rings. The van der Waals surface area contributed by atoms with E-state index in [1.165, 1.54) is 43.2 Å². The minimum absolute atomic E-state index is 0.104. The summed E-state index contributed by atoms with van der Waals surface area (Å²) >= 11 is 6.59. The van der Waals surface area contributed by atoms with E-state index in [0.717, 1.165) is 30.0 Å². The molecule has 0 aliphatic heterocycles. The first-order chi connectivity index (χ1) is 11.7. The van der Waals surface area contributed by atoms with Gasteiger partial charge in [0, 0.05) is 11.6 Å². The zero-order valence-corrected chi connectivity index (χ0v) is 15.3. The zero-order chi connectivity index (χ0) is 16.9. The fourth-order valence-electron chi connectivity index (χ4n) is 4.12. The average molecular weight is 350 g/mol. The fraction of sp³-hybridized carbons (Fsp3) is 0.650. The summed E-state index contributed by atoms with van der Waals surface area (Å²) in [5.41, 5.74) is 3.69. The van der Waals surface area contributed by atoms with Crippen molar-refractivity contribution in [3.8, 4) is 0 Å². The molecule has 0 aromatic heterocycles. The molecule has 0 heterocycles. The van der Waals surface area contributed by atoms with Crippen LogP contribution in [0.4, 0.5) is 0 Å². The standard InChI is InChI=1S/C20H28ClNO2/c1-2-22-10-11-24-20(23)16-9-8-15-12-18(19(21)13-17(15)16)14-6-4-3-5-7-14/h12-14,16,22H,2-11H2,1H3. The minimum Gasteiger partial charge on any atom is -0.464 e. The number of ether oxygens (including phenoxy) is 1. The first-order valence-electron chi connectivity index (χ1n) is 9.40. The van der Waals surface area contributed by atoms with Gasteiger partial charge in [-0.15, -0.1) is 0 Å². The number of halogens is 1. The predicted octanol–water partition coefficient (Wildman–Crippen LogP) is 4.57. The van der Waals surface area contributed by atoms with Crippen molar-refractivity contribution >= 4 is 17.6 Å². The number of nitrogens with one attached hydrogen (secondary N) is 1. The molecule has 0 saturated heterocycles. The maximum absolute atomic E-state index is 12.4. The lowest BCUT2D eigenvalue weighted by atomic mass is 9.83. The van der Waals surface area contributed by atoms with Crippen molar-refractivity contribution < 1.29 is 9.53 Å². The highest BCUT2D eigenvalue weighted by Crippen LogP contribution is 2.42. The van der Waals surface area contributed by atoms with E-state index < -0.39 is 0 Å². The van der Waals surface area contributed by atoms with Crippen LogP contribution in [0.25, 0.3) is 0 Å². The monoisotopic (exact) mass is 349 g/mol. The molecule has 1 unspecified atom stereocenters. The van der Waals surface area contributed by atoms with Crippen LogP contribution in [0.1, 0.15) is 74.0 Å². The summed E-state index contributed by atoms with van der Waals surface area (Å²) in [6.45, 7) is 4.08. The van der Waals surface area contributed by atoms with E-state index in [4.69, 9.17) is 16.3 Å². The van der Waals surface area contributed by atoms with Crippen molar-refractivity contribution in [1.29, 1.82) is 0 Å². The fourth-order valence-corrected chi connectivity index (χ4v) is 4.45. The Hall–Kier alpha value is -1.06. The molecule has 3 rings (SSSR count). The van der Waals surface area contributed by atoms with E-state index in [0.29, 0.717) is 19.1 Å². The number of rotatable bonds is 6. The third-order valence-corrected chi connectivity index (χ3v) is 5.77. The van der Waals surface area contributed by atoms with Gasteiger partial charge in [0.1, 0.15) is 6.61 Å². The molecule has 1 N–H and O–H groups in total. The van der Waals surface area contributed by atoms with Crippen LogP contribution in [0.15, 0.2) is 12.1 Å². The quantitative estimate of drug-likeness (QED) is 0.604. The van der Waals surface area contributed by atoms with Crippen LogP contribution in [-0.4, -0.2) is 25.7 Å². The highest BCUT2D eigenvalue weighted by molar-refractivity contribution is 6.31. The summed E-state index contributed by atoms with van der Waals surface area (Å²) in [6.07, 6.45) is 8.25. The number of likely N-dealkylation sites (N-methyl/N-ethyl adjacent to an activating group) is 1. The largest absolute Gasteiger partial charge is 0.464 e. The first-order valence-corrected chi connectivity index (χ1v) is 9.78. The van der Waals surface area contributed by atoms with E-state index in [2.05, 4.69) is 11.4 Å². The number of carbonyl (C=O) groups excluding carboxylic acids is 1. The molecular weight excluding hydrogens is 322 g/mol. The molecule has 1 saturated carbocycles. The Morgan fingerprint density at radius 1 is 1.21 bits per heavy atom. The molecule has 24 heavy (non-hydrogen) atoms. The van der Waals surface area contributed by atoms with Crippen LogP contribution in [0.3, 0.4) is 0 Å². The lowest BCUT2D eigenvalue weighted by Crippen LogP contribution is -2.23. The molecule has 1 aromatic carbocycles. The molecule has 1 atom stereocenters. The van der Waals surface area contributed by atoms with Crippen molar-refractivity contribution in [2.75, 3.05) is 19.7 Å². The molecule has 3 nitrogen and oxygen atoms in total. The number of fused-ring (bicyclic) bond motifs is 1. The third-order valence-electron chi connectivity index (χ3n) is 5.44. The van der Waals surface area contributed by atoms with Crippen molar-refractivity contribution in [3.63, 3.8) is 0 Å². The van der Waals surface area contributed by atoms with E-state index >= 15 is 0 Å². The van der Waals surface area contributed by atoms with Crippen LogP contribution >= 0.6 is 11.6 Å². The Morgan fingerprint density at radius 2 is 2.00 bits per heavy atom. The summed E-state index contributed by atoms with van der Waals surface area (Å²) in [4.78, 5) is 12.4. The molecule has 0 bridgehead atoms. The maximum Gasteiger partial charge on any atom is 0.313 e. The smallest absolute Gasteiger partial charge is 0.313 e. The second-order valence-electron chi connectivity index (χ2n) is 7.02. The number of aryl methyl sites for hydroxylation is 1. The lowest BCUT2D eigenvalue weighted by Gasteiger charge is -2.24. The van der Waals surface area contributed by atoms with Gasteiger partial charge in [-0.3, -0.25) is 4.79 Å². The molecular formula is C20H28ClNO2. The number of hydrogen-bond donors (Lipinski definition) is 1. The van der Waals surface area contributed by atoms with E-state index in [1.54, 1.807) is 0 Å². The van der Waals surface area contributed by atoms with Crippen molar-refractivity contribution in [1.82, 2.24) is 5.32 Å². The molecule has 132 valence electrons. The summed E-state index contributed by atoms with van der Waals surface area (Å²) < 4.78 is 5.43. The first kappa shape index (κ1) is 17.8. The predicted molar refractivity (Wildman–Crippen MR) is 97.8 cm³/mol. The van der Waals surface area contributed by atoms with Gasteiger partial charge < -0.3 is 10.1 Å². The molecule has 1 fully saturated rings. The van der Waals surface area contributed by atoms with Crippen LogP contribution in [0.5, 0.6) is 0 Å². The van der Waals surface area contributed by atoms with Crippen LogP contribution in [0.2, 0.25) is 5.02 Å². The van der Waals surface area contributed by atoms with Gasteiger partial charge in [-0.2, -0.15) is 0 Å². The summed E-state index contributed by atoms with van der Waals surface area (Å²) in [5, 5.41) is 4.01. The molecule has 0 radical (unpaired) electrons. The number of benzene rings is 1. The zero-order valence-electron chi connectivity index (χ0n) is 14.6. The van der Waals surface area contributed by atoms with Crippen molar-refractivity contribution in [3.05, 3.63) is 33.8 Å². The van der Waals surface area contributed by atoms with Gasteiger partial charge >= 0.3 is 5.97 Å². The molecule has 0 spiro atoms. The van der Waals surface area contributed by atoms with Crippen LogP contribution < -0.4 is 5.32 Å². The highest BCUT2D eigenvalue weighted by Gasteiger charge is 2.31. The normalized spacial score (nSPS) is 20.8. The number of carbonyl (C=O) groups is 1. The lowest BCUT2D eigenvalue weighted by molar-refractivity contribution is -0.145. The molecule has 1 aromatic rings. The molecule has 0 amide bonds. The van der Waals surface area contributed by atoms with Gasteiger partial charge in [0.2, 0.25) is 0 Å². The van der Waals surface area contributed by atoms with Crippen molar-refractivity contribution in [2.45, 2.75) is 63.7 Å². The molecule has 4 heteroatoms. The maximum atomic E-state index is 12.4. The van der Waals surface area contributed by atoms with Gasteiger partial charge in [0.15, 0.2) is 0 Å². The van der Waals surface area contributed by atoms with E-state index in [1.807, 2.05) is 13.0 Å². The summed E-state index contributed by atoms with van der Waals surface area (Å²) in [7, 11) is 0. The SMILES string of the molecule is CCNCCOC(=O)C1CCc2cc(C3CCCCC3)c(Cl)cc21. The Labute approximate surface area is 150 Å². The Morgan fingerprint density at radius 3 is 2.75 bits per heavy atom. The second-order valence-corrected chi connectivity index (χ2v) is 7.43. The van der Waals surface area contributed by atoms with E-state index in [-0.39, 0.29) is 11.9 Å².